The Labute approximate surface area is 95.4 Å². The fraction of sp³-hybridized carbons (Fsp3) is 0.200. The third-order valence-corrected chi connectivity index (χ3v) is 3.00. The molecule has 0 radical (unpaired) electrons. The molecule has 16 heavy (non-hydrogen) atoms. The van der Waals surface area contributed by atoms with Gasteiger partial charge in [-0.2, -0.15) is 4.98 Å². The summed E-state index contributed by atoms with van der Waals surface area (Å²) in [7, 11) is 3.05. The fourth-order valence-corrected chi connectivity index (χ4v) is 2.18. The van der Waals surface area contributed by atoms with E-state index in [0.717, 1.165) is 4.70 Å². The Balaban J connectivity index is 2.83. The molecule has 0 atom stereocenters. The molecule has 0 fully saturated rings. The van der Waals surface area contributed by atoms with Crippen molar-refractivity contribution >= 4 is 26.6 Å². The minimum absolute atomic E-state index is 0.240. The van der Waals surface area contributed by atoms with Crippen molar-refractivity contribution in [3.8, 4) is 11.5 Å². The zero-order chi connectivity index (χ0) is 11.7. The van der Waals surface area contributed by atoms with Crippen LogP contribution in [0.3, 0.4) is 0 Å². The molecule has 2 rings (SSSR count). The van der Waals surface area contributed by atoms with E-state index >= 15 is 0 Å². The SMILES string of the molecule is COc1cc2sc(N)nc(=O)c2cc1OC. The monoisotopic (exact) mass is 238 g/mol. The van der Waals surface area contributed by atoms with Gasteiger partial charge in [-0.15, -0.1) is 0 Å². The first kappa shape index (κ1) is 10.7. The molecule has 84 valence electrons. The van der Waals surface area contributed by atoms with Crippen LogP contribution in [0.2, 0.25) is 0 Å². The highest BCUT2D eigenvalue weighted by Crippen LogP contribution is 2.32. The van der Waals surface area contributed by atoms with Crippen molar-refractivity contribution < 1.29 is 9.47 Å². The van der Waals surface area contributed by atoms with Crippen molar-refractivity contribution in [1.29, 1.82) is 0 Å². The Bertz CT molecular complexity index is 594. The number of benzene rings is 1. The maximum atomic E-state index is 11.6. The van der Waals surface area contributed by atoms with Crippen molar-refractivity contribution in [3.05, 3.63) is 22.5 Å². The molecule has 0 unspecified atom stereocenters. The van der Waals surface area contributed by atoms with Crippen LogP contribution in [-0.2, 0) is 0 Å². The number of anilines is 1. The van der Waals surface area contributed by atoms with E-state index in [2.05, 4.69) is 4.98 Å². The Morgan fingerprint density at radius 2 is 1.88 bits per heavy atom. The van der Waals surface area contributed by atoms with Crippen LogP contribution in [-0.4, -0.2) is 19.2 Å². The third kappa shape index (κ3) is 1.67. The molecule has 0 spiro atoms. The van der Waals surface area contributed by atoms with E-state index in [9.17, 15) is 4.79 Å². The fourth-order valence-electron chi connectivity index (χ4n) is 1.41. The first-order chi connectivity index (χ1) is 7.65. The number of nitrogen functional groups attached to an aromatic ring is 1. The van der Waals surface area contributed by atoms with Gasteiger partial charge in [-0.05, 0) is 6.07 Å². The largest absolute Gasteiger partial charge is 0.493 e. The quantitative estimate of drug-likeness (QED) is 0.852. The van der Waals surface area contributed by atoms with Crippen LogP contribution < -0.4 is 20.8 Å². The molecule has 0 aliphatic heterocycles. The highest BCUT2D eigenvalue weighted by molar-refractivity contribution is 7.21. The van der Waals surface area contributed by atoms with Crippen molar-refractivity contribution in [2.75, 3.05) is 20.0 Å². The number of nitrogens with zero attached hydrogens (tertiary/aromatic N) is 1. The van der Waals surface area contributed by atoms with E-state index in [4.69, 9.17) is 15.2 Å². The molecule has 2 N–H and O–H groups in total. The highest BCUT2D eigenvalue weighted by Gasteiger charge is 2.09. The lowest BCUT2D eigenvalue weighted by Crippen LogP contribution is -2.07. The normalized spacial score (nSPS) is 10.4. The summed E-state index contributed by atoms with van der Waals surface area (Å²) in [6, 6.07) is 3.33. The second-order valence-electron chi connectivity index (χ2n) is 3.06. The van der Waals surface area contributed by atoms with Gasteiger partial charge in [0.25, 0.3) is 5.56 Å². The minimum atomic E-state index is -0.354. The standard InChI is InChI=1S/C10H10N2O3S/c1-14-6-3-5-8(4-7(6)15-2)16-10(11)12-9(5)13/h3-4H,1-2H3,(H2,11,12,13). The Kier molecular flexibility index (Phi) is 2.66. The predicted molar refractivity (Wildman–Crippen MR) is 63.4 cm³/mol. The summed E-state index contributed by atoms with van der Waals surface area (Å²) < 4.78 is 11.0. The predicted octanol–water partition coefficient (Wildman–Crippen LogP) is 1.26. The number of nitrogens with two attached hydrogens (primary N) is 1. The number of hydrogen-bond acceptors (Lipinski definition) is 6. The molecule has 0 saturated heterocycles. The van der Waals surface area contributed by atoms with Gasteiger partial charge in [0.15, 0.2) is 16.6 Å². The van der Waals surface area contributed by atoms with Crippen LogP contribution in [0.1, 0.15) is 0 Å². The molecular formula is C10H10N2O3S. The molecule has 0 bridgehead atoms. The number of hydrogen-bond donors (Lipinski definition) is 1. The number of fused-ring (bicyclic) bond motifs is 1. The number of ether oxygens (including phenoxy) is 2. The van der Waals surface area contributed by atoms with Gasteiger partial charge in [-0.3, -0.25) is 4.79 Å². The van der Waals surface area contributed by atoms with Crippen LogP contribution in [0.5, 0.6) is 11.5 Å². The second-order valence-corrected chi connectivity index (χ2v) is 4.12. The molecular weight excluding hydrogens is 228 g/mol. The molecule has 0 aliphatic rings. The summed E-state index contributed by atoms with van der Waals surface area (Å²) >= 11 is 1.24. The number of aromatic nitrogens is 1. The third-order valence-electron chi connectivity index (χ3n) is 2.14. The summed E-state index contributed by atoms with van der Waals surface area (Å²) in [5.74, 6) is 1.07. The van der Waals surface area contributed by atoms with Crippen molar-refractivity contribution in [2.24, 2.45) is 0 Å². The molecule has 1 aromatic carbocycles. The van der Waals surface area contributed by atoms with Gasteiger partial charge in [-0.1, -0.05) is 11.3 Å². The lowest BCUT2D eigenvalue weighted by Gasteiger charge is -2.08. The van der Waals surface area contributed by atoms with Gasteiger partial charge in [-0.25, -0.2) is 0 Å². The summed E-state index contributed by atoms with van der Waals surface area (Å²) in [5, 5.41) is 0.724. The van der Waals surface area contributed by atoms with Crippen molar-refractivity contribution in [3.63, 3.8) is 0 Å². The van der Waals surface area contributed by atoms with Crippen LogP contribution in [0.4, 0.5) is 5.13 Å². The van der Waals surface area contributed by atoms with E-state index in [0.29, 0.717) is 16.9 Å². The van der Waals surface area contributed by atoms with Crippen molar-refractivity contribution in [1.82, 2.24) is 4.98 Å². The van der Waals surface area contributed by atoms with Crippen molar-refractivity contribution in [2.45, 2.75) is 0 Å². The van der Waals surface area contributed by atoms with E-state index in [1.807, 2.05) is 0 Å². The molecule has 0 saturated carbocycles. The van der Waals surface area contributed by atoms with Crippen LogP contribution in [0, 0.1) is 0 Å². The first-order valence-electron chi connectivity index (χ1n) is 4.48. The zero-order valence-corrected chi connectivity index (χ0v) is 9.63. The molecule has 5 nitrogen and oxygen atoms in total. The van der Waals surface area contributed by atoms with Gasteiger partial charge < -0.3 is 15.2 Å². The smallest absolute Gasteiger partial charge is 0.281 e. The van der Waals surface area contributed by atoms with E-state index in [1.165, 1.54) is 25.6 Å². The van der Waals surface area contributed by atoms with Gasteiger partial charge in [0.2, 0.25) is 0 Å². The molecule has 2 aromatic rings. The maximum absolute atomic E-state index is 11.6. The van der Waals surface area contributed by atoms with E-state index < -0.39 is 0 Å². The molecule has 1 aromatic heterocycles. The van der Waals surface area contributed by atoms with Crippen LogP contribution in [0.25, 0.3) is 10.1 Å². The number of rotatable bonds is 2. The maximum Gasteiger partial charge on any atom is 0.281 e. The van der Waals surface area contributed by atoms with Gasteiger partial charge >= 0.3 is 0 Å². The van der Waals surface area contributed by atoms with Crippen LogP contribution >= 0.6 is 11.3 Å². The molecule has 1 heterocycles. The van der Waals surface area contributed by atoms with Gasteiger partial charge in [0.1, 0.15) is 0 Å². The van der Waals surface area contributed by atoms with E-state index in [-0.39, 0.29) is 10.7 Å². The van der Waals surface area contributed by atoms with E-state index in [1.54, 1.807) is 12.1 Å². The summed E-state index contributed by atoms with van der Waals surface area (Å²) in [4.78, 5) is 15.3. The average Bonchev–Trinajstić information content (AvgIpc) is 2.27. The molecule has 0 amide bonds. The number of methoxy groups -OCH3 is 2. The zero-order valence-electron chi connectivity index (χ0n) is 8.81. The van der Waals surface area contributed by atoms with Gasteiger partial charge in [0.05, 0.1) is 19.6 Å². The second kappa shape index (κ2) is 3.97. The first-order valence-corrected chi connectivity index (χ1v) is 5.29. The van der Waals surface area contributed by atoms with Crippen LogP contribution in [0.15, 0.2) is 16.9 Å². The summed E-state index contributed by atoms with van der Waals surface area (Å²) in [6.45, 7) is 0. The molecule has 6 heteroatoms. The summed E-state index contributed by atoms with van der Waals surface area (Å²) in [6.07, 6.45) is 0. The average molecular weight is 238 g/mol. The Morgan fingerprint density at radius 1 is 1.25 bits per heavy atom. The highest BCUT2D eigenvalue weighted by atomic mass is 32.1. The Morgan fingerprint density at radius 3 is 2.50 bits per heavy atom. The molecule has 0 aliphatic carbocycles. The van der Waals surface area contributed by atoms with Gasteiger partial charge in [0, 0.05) is 10.8 Å². The minimum Gasteiger partial charge on any atom is -0.493 e. The Hall–Kier alpha value is -1.82. The topological polar surface area (TPSA) is 74.4 Å². The lowest BCUT2D eigenvalue weighted by atomic mass is 10.2. The summed E-state index contributed by atoms with van der Waals surface area (Å²) in [5.41, 5.74) is 5.17. The lowest BCUT2D eigenvalue weighted by molar-refractivity contribution is 0.356.